The number of hydrogen-bond donors (Lipinski definition) is 0. The zero-order valence-corrected chi connectivity index (χ0v) is 15.3. The molecule has 0 aliphatic heterocycles. The number of hydrogen-bond acceptors (Lipinski definition) is 3. The molecule has 0 amide bonds. The van der Waals surface area contributed by atoms with Gasteiger partial charge in [-0.3, -0.25) is 4.98 Å². The fourth-order valence-corrected chi connectivity index (χ4v) is 3.97. The molecule has 0 bridgehead atoms. The Morgan fingerprint density at radius 2 is 1.63 bits per heavy atom. The lowest BCUT2D eigenvalue weighted by Gasteiger charge is -2.13. The van der Waals surface area contributed by atoms with Crippen LogP contribution in [0.3, 0.4) is 0 Å². The van der Waals surface area contributed by atoms with E-state index >= 15 is 0 Å². The fraction of sp³-hybridized carbons (Fsp3) is 0. The van der Waals surface area contributed by atoms with E-state index in [1.165, 1.54) is 0 Å². The first-order chi connectivity index (χ1) is 13.4. The van der Waals surface area contributed by atoms with Crippen LogP contribution >= 0.6 is 11.3 Å². The minimum Gasteiger partial charge on any atom is -0.255 e. The molecule has 0 fully saturated rings. The Labute approximate surface area is 161 Å². The monoisotopic (exact) mass is 363 g/mol. The topological polar surface area (TPSA) is 25.8 Å². The summed E-state index contributed by atoms with van der Waals surface area (Å²) in [6.07, 6.45) is 1.84. The Hall–Kier alpha value is -3.30. The summed E-state index contributed by atoms with van der Waals surface area (Å²) in [6.45, 7) is 0. The van der Waals surface area contributed by atoms with Crippen LogP contribution in [-0.2, 0) is 0 Å². The number of rotatable bonds is 3. The SMILES string of the molecule is [c]1ccc(-c2nc3ccnc(-c4ccsc4)c3cc2-c2ccccc2)cc1. The van der Waals surface area contributed by atoms with Crippen molar-refractivity contribution in [2.75, 3.05) is 0 Å². The zero-order valence-electron chi connectivity index (χ0n) is 14.5. The molecule has 5 aromatic rings. The number of aromatic nitrogens is 2. The first kappa shape index (κ1) is 15.9. The highest BCUT2D eigenvalue weighted by Crippen LogP contribution is 2.36. The van der Waals surface area contributed by atoms with Crippen molar-refractivity contribution in [3.63, 3.8) is 0 Å². The smallest absolute Gasteiger partial charge is 0.0804 e. The van der Waals surface area contributed by atoms with E-state index in [4.69, 9.17) is 4.98 Å². The van der Waals surface area contributed by atoms with Gasteiger partial charge in [-0.15, -0.1) is 0 Å². The summed E-state index contributed by atoms with van der Waals surface area (Å²) in [5, 5.41) is 5.28. The van der Waals surface area contributed by atoms with Crippen LogP contribution in [0.5, 0.6) is 0 Å². The first-order valence-corrected chi connectivity index (χ1v) is 9.69. The Bertz CT molecular complexity index is 1200. The van der Waals surface area contributed by atoms with E-state index in [9.17, 15) is 0 Å². The zero-order chi connectivity index (χ0) is 18.1. The summed E-state index contributed by atoms with van der Waals surface area (Å²) in [7, 11) is 0. The second kappa shape index (κ2) is 6.78. The van der Waals surface area contributed by atoms with Crippen molar-refractivity contribution < 1.29 is 0 Å². The van der Waals surface area contributed by atoms with Crippen molar-refractivity contribution in [1.82, 2.24) is 9.97 Å². The molecule has 0 aliphatic carbocycles. The molecule has 0 N–H and O–H groups in total. The van der Waals surface area contributed by atoms with E-state index in [0.717, 1.165) is 44.5 Å². The summed E-state index contributed by atoms with van der Waals surface area (Å²) >= 11 is 1.68. The number of thiophene rings is 1. The largest absolute Gasteiger partial charge is 0.255 e. The van der Waals surface area contributed by atoms with Crippen molar-refractivity contribution in [2.45, 2.75) is 0 Å². The van der Waals surface area contributed by atoms with Crippen LogP contribution in [0, 0.1) is 6.07 Å². The number of nitrogens with zero attached hydrogens (tertiary/aromatic N) is 2. The van der Waals surface area contributed by atoms with E-state index < -0.39 is 0 Å². The van der Waals surface area contributed by atoms with Crippen molar-refractivity contribution in [3.05, 3.63) is 95.8 Å². The molecule has 0 atom stereocenters. The normalized spacial score (nSPS) is 11.0. The van der Waals surface area contributed by atoms with Crippen LogP contribution in [0.15, 0.2) is 89.8 Å². The van der Waals surface area contributed by atoms with E-state index in [0.29, 0.717) is 0 Å². The van der Waals surface area contributed by atoms with Crippen molar-refractivity contribution in [1.29, 1.82) is 0 Å². The van der Waals surface area contributed by atoms with E-state index in [1.807, 2.05) is 30.5 Å². The molecule has 3 heterocycles. The van der Waals surface area contributed by atoms with Gasteiger partial charge in [-0.1, -0.05) is 54.6 Å². The molecular weight excluding hydrogens is 348 g/mol. The highest BCUT2D eigenvalue weighted by molar-refractivity contribution is 7.08. The summed E-state index contributed by atoms with van der Waals surface area (Å²) in [5.41, 5.74) is 7.38. The summed E-state index contributed by atoms with van der Waals surface area (Å²) in [6, 6.07) is 27.8. The van der Waals surface area contributed by atoms with E-state index in [1.54, 1.807) is 11.3 Å². The third kappa shape index (κ3) is 2.92. The maximum atomic E-state index is 5.04. The Morgan fingerprint density at radius 1 is 0.778 bits per heavy atom. The van der Waals surface area contributed by atoms with Crippen LogP contribution in [0.4, 0.5) is 0 Å². The molecule has 0 aliphatic rings. The predicted molar refractivity (Wildman–Crippen MR) is 113 cm³/mol. The van der Waals surface area contributed by atoms with Gasteiger partial charge in [0.1, 0.15) is 0 Å². The van der Waals surface area contributed by atoms with Gasteiger partial charge in [0.2, 0.25) is 0 Å². The highest BCUT2D eigenvalue weighted by Gasteiger charge is 2.14. The van der Waals surface area contributed by atoms with Crippen LogP contribution in [0.25, 0.3) is 44.5 Å². The van der Waals surface area contributed by atoms with Crippen LogP contribution in [0.1, 0.15) is 0 Å². The van der Waals surface area contributed by atoms with Gasteiger partial charge in [0, 0.05) is 33.7 Å². The predicted octanol–water partition coefficient (Wildman–Crippen LogP) is 6.49. The number of benzene rings is 2. The quantitative estimate of drug-likeness (QED) is 0.366. The molecular formula is C24H15N2S. The first-order valence-electron chi connectivity index (χ1n) is 8.74. The highest BCUT2D eigenvalue weighted by atomic mass is 32.1. The molecule has 1 radical (unpaired) electrons. The van der Waals surface area contributed by atoms with Gasteiger partial charge in [0.25, 0.3) is 0 Å². The van der Waals surface area contributed by atoms with Crippen LogP contribution in [-0.4, -0.2) is 9.97 Å². The lowest BCUT2D eigenvalue weighted by atomic mass is 9.96. The molecule has 0 saturated carbocycles. The Kier molecular flexibility index (Phi) is 4.00. The van der Waals surface area contributed by atoms with Gasteiger partial charge in [-0.05, 0) is 35.2 Å². The van der Waals surface area contributed by atoms with Gasteiger partial charge in [0.05, 0.1) is 16.9 Å². The maximum absolute atomic E-state index is 5.04. The van der Waals surface area contributed by atoms with Crippen molar-refractivity contribution in [3.8, 4) is 33.6 Å². The summed E-state index contributed by atoms with van der Waals surface area (Å²) in [5.74, 6) is 0. The number of pyridine rings is 2. The molecule has 127 valence electrons. The third-order valence-corrected chi connectivity index (χ3v) is 5.30. The Morgan fingerprint density at radius 3 is 2.41 bits per heavy atom. The Balaban J connectivity index is 1.84. The molecule has 27 heavy (non-hydrogen) atoms. The van der Waals surface area contributed by atoms with Crippen molar-refractivity contribution in [2.24, 2.45) is 0 Å². The second-order valence-electron chi connectivity index (χ2n) is 6.28. The number of fused-ring (bicyclic) bond motifs is 1. The standard InChI is InChI=1S/C24H15N2S/c1-3-7-17(8-4-1)20-15-21-22(26-24(20)18-9-5-2-6-10-18)11-13-25-23(21)19-12-14-27-16-19/h1,3-16H. The second-order valence-corrected chi connectivity index (χ2v) is 7.06. The molecule has 0 spiro atoms. The van der Waals surface area contributed by atoms with Crippen LogP contribution < -0.4 is 0 Å². The molecule has 2 nitrogen and oxygen atoms in total. The van der Waals surface area contributed by atoms with Crippen molar-refractivity contribution >= 4 is 22.2 Å². The molecule has 5 rings (SSSR count). The van der Waals surface area contributed by atoms with Crippen LogP contribution in [0.2, 0.25) is 0 Å². The van der Waals surface area contributed by atoms with E-state index in [-0.39, 0.29) is 0 Å². The van der Waals surface area contributed by atoms with Gasteiger partial charge in [-0.25, -0.2) is 4.98 Å². The molecule has 3 aromatic heterocycles. The average Bonchev–Trinajstić information content (AvgIpc) is 3.28. The summed E-state index contributed by atoms with van der Waals surface area (Å²) < 4.78 is 0. The lowest BCUT2D eigenvalue weighted by molar-refractivity contribution is 1.32. The minimum atomic E-state index is 0.953. The molecule has 2 aromatic carbocycles. The lowest BCUT2D eigenvalue weighted by Crippen LogP contribution is -1.94. The van der Waals surface area contributed by atoms with Gasteiger partial charge >= 0.3 is 0 Å². The molecule has 0 saturated heterocycles. The maximum Gasteiger partial charge on any atom is 0.0804 e. The summed E-state index contributed by atoms with van der Waals surface area (Å²) in [4.78, 5) is 9.69. The molecule has 0 unspecified atom stereocenters. The third-order valence-electron chi connectivity index (χ3n) is 4.61. The van der Waals surface area contributed by atoms with Gasteiger partial charge in [-0.2, -0.15) is 11.3 Å². The van der Waals surface area contributed by atoms with Gasteiger partial charge in [0.15, 0.2) is 0 Å². The van der Waals surface area contributed by atoms with E-state index in [2.05, 4.69) is 70.3 Å². The fourth-order valence-electron chi connectivity index (χ4n) is 3.33. The average molecular weight is 363 g/mol. The van der Waals surface area contributed by atoms with Gasteiger partial charge < -0.3 is 0 Å². The molecule has 3 heteroatoms. The minimum absolute atomic E-state index is 0.953.